The van der Waals surface area contributed by atoms with E-state index in [9.17, 15) is 18.0 Å². The molecule has 1 aromatic carbocycles. The van der Waals surface area contributed by atoms with Gasteiger partial charge in [0.15, 0.2) is 0 Å². The lowest BCUT2D eigenvalue weighted by molar-refractivity contribution is -0.120. The minimum atomic E-state index is -4.08. The van der Waals surface area contributed by atoms with Gasteiger partial charge < -0.3 is 0 Å². The van der Waals surface area contributed by atoms with E-state index >= 15 is 0 Å². The highest BCUT2D eigenvalue weighted by Gasteiger charge is 2.39. The van der Waals surface area contributed by atoms with Crippen molar-refractivity contribution in [3.8, 4) is 0 Å². The number of imide groups is 1. The van der Waals surface area contributed by atoms with Crippen molar-refractivity contribution in [3.63, 3.8) is 0 Å². The van der Waals surface area contributed by atoms with E-state index in [4.69, 9.17) is 11.6 Å². The average molecular weight is 487 g/mol. The van der Waals surface area contributed by atoms with E-state index in [1.807, 2.05) is 20.8 Å². The second-order valence-electron chi connectivity index (χ2n) is 8.31. The van der Waals surface area contributed by atoms with Crippen molar-refractivity contribution in [2.75, 3.05) is 4.90 Å². The number of hydrogen-bond donors (Lipinski definition) is 1. The summed E-state index contributed by atoms with van der Waals surface area (Å²) in [4.78, 5) is 34.3. The number of benzene rings is 1. The Morgan fingerprint density at radius 2 is 1.73 bits per heavy atom. The molecule has 0 atom stereocenters. The molecule has 1 aliphatic rings. The van der Waals surface area contributed by atoms with Crippen LogP contribution in [0.15, 0.2) is 82.7 Å². The average Bonchev–Trinajstić information content (AvgIpc) is 3.05. The summed E-state index contributed by atoms with van der Waals surface area (Å²) < 4.78 is 28.6. The van der Waals surface area contributed by atoms with Crippen LogP contribution in [0.2, 0.25) is 0 Å². The Bertz CT molecular complexity index is 1260. The van der Waals surface area contributed by atoms with Gasteiger partial charge in [0.1, 0.15) is 0 Å². The highest BCUT2D eigenvalue weighted by atomic mass is 35.5. The fourth-order valence-corrected chi connectivity index (χ4v) is 4.24. The molecule has 10 heteroatoms. The van der Waals surface area contributed by atoms with Crippen LogP contribution < -0.4 is 9.62 Å². The van der Waals surface area contributed by atoms with Gasteiger partial charge in [-0.25, -0.2) is 23.3 Å². The largest absolute Gasteiger partial charge is 0.279 e. The van der Waals surface area contributed by atoms with Gasteiger partial charge in [0.25, 0.3) is 15.9 Å². The van der Waals surface area contributed by atoms with Gasteiger partial charge in [0.05, 0.1) is 22.6 Å². The lowest BCUT2D eigenvalue weighted by atomic mass is 9.87. The van der Waals surface area contributed by atoms with Crippen molar-refractivity contribution in [3.05, 3.63) is 83.3 Å². The van der Waals surface area contributed by atoms with Gasteiger partial charge in [-0.05, 0) is 41.3 Å². The highest BCUT2D eigenvalue weighted by molar-refractivity contribution is 7.89. The molecule has 1 N–H and O–H groups in total. The zero-order valence-electron chi connectivity index (χ0n) is 18.4. The van der Waals surface area contributed by atoms with Crippen LogP contribution >= 0.6 is 11.6 Å². The molecule has 3 rings (SSSR count). The number of allylic oxidation sites excluding steroid dienone is 3. The molecule has 1 fully saturated rings. The van der Waals surface area contributed by atoms with Crippen molar-refractivity contribution in [2.45, 2.75) is 37.5 Å². The third kappa shape index (κ3) is 5.55. The molecule has 0 bridgehead atoms. The maximum atomic E-state index is 13.1. The molecule has 2 amide bonds. The third-order valence-corrected chi connectivity index (χ3v) is 6.33. The van der Waals surface area contributed by atoms with E-state index in [0.29, 0.717) is 0 Å². The van der Waals surface area contributed by atoms with Gasteiger partial charge in [-0.2, -0.15) is 0 Å². The van der Waals surface area contributed by atoms with E-state index in [-0.39, 0.29) is 39.0 Å². The SMILES string of the molecule is C=C(Cl)/C=C\C(NS(=O)(=O)c1ccc(C(C)(C)C)cc1)=C1/CC(=O)N(c2ncccn2)C1=O. The number of carbonyl (C=O) groups excluding carboxylic acids is 2. The van der Waals surface area contributed by atoms with Crippen molar-refractivity contribution in [2.24, 2.45) is 0 Å². The Morgan fingerprint density at radius 3 is 2.27 bits per heavy atom. The lowest BCUT2D eigenvalue weighted by Crippen LogP contribution is -2.31. The predicted molar refractivity (Wildman–Crippen MR) is 126 cm³/mol. The molecule has 2 heterocycles. The fraction of sp³-hybridized carbons (Fsp3) is 0.217. The van der Waals surface area contributed by atoms with Gasteiger partial charge in [-0.3, -0.25) is 14.3 Å². The molecular weight excluding hydrogens is 464 g/mol. The normalized spacial score (nSPS) is 16.4. The first-order chi connectivity index (χ1) is 15.4. The monoisotopic (exact) mass is 486 g/mol. The molecule has 0 saturated carbocycles. The van der Waals surface area contributed by atoms with Gasteiger partial charge in [-0.1, -0.05) is 51.1 Å². The number of aromatic nitrogens is 2. The zero-order chi connectivity index (χ0) is 24.4. The Hall–Kier alpha value is -3.30. The van der Waals surface area contributed by atoms with E-state index in [1.54, 1.807) is 18.2 Å². The molecule has 0 aliphatic carbocycles. The summed E-state index contributed by atoms with van der Waals surface area (Å²) in [5, 5.41) is 0.113. The first-order valence-electron chi connectivity index (χ1n) is 9.93. The van der Waals surface area contributed by atoms with Crippen molar-refractivity contribution < 1.29 is 18.0 Å². The molecular formula is C23H23ClN4O4S. The second-order valence-corrected chi connectivity index (χ2v) is 10.5. The van der Waals surface area contributed by atoms with E-state index in [1.165, 1.54) is 36.7 Å². The number of amides is 2. The topological polar surface area (TPSA) is 109 Å². The van der Waals surface area contributed by atoms with Crippen LogP contribution in [0.1, 0.15) is 32.8 Å². The summed E-state index contributed by atoms with van der Waals surface area (Å²) >= 11 is 5.80. The summed E-state index contributed by atoms with van der Waals surface area (Å²) in [6, 6.07) is 7.99. The summed E-state index contributed by atoms with van der Waals surface area (Å²) in [5.74, 6) is -1.39. The van der Waals surface area contributed by atoms with Gasteiger partial charge in [0.2, 0.25) is 11.9 Å². The highest BCUT2D eigenvalue weighted by Crippen LogP contribution is 2.27. The fourth-order valence-electron chi connectivity index (χ4n) is 3.08. The minimum absolute atomic E-state index is 0.00622. The van der Waals surface area contributed by atoms with Crippen LogP contribution in [0.4, 0.5) is 5.95 Å². The molecule has 172 valence electrons. The zero-order valence-corrected chi connectivity index (χ0v) is 19.9. The number of carbonyl (C=O) groups is 2. The summed E-state index contributed by atoms with van der Waals surface area (Å²) in [6.07, 6.45) is 5.08. The number of halogens is 1. The van der Waals surface area contributed by atoms with Crippen molar-refractivity contribution in [1.82, 2.24) is 14.7 Å². The Kier molecular flexibility index (Phi) is 6.85. The molecule has 33 heavy (non-hydrogen) atoms. The maximum absolute atomic E-state index is 13.1. The molecule has 1 aliphatic heterocycles. The lowest BCUT2D eigenvalue weighted by Gasteiger charge is -2.19. The molecule has 8 nitrogen and oxygen atoms in total. The molecule has 0 radical (unpaired) electrons. The van der Waals surface area contributed by atoms with Crippen LogP contribution in [0, 0.1) is 0 Å². The van der Waals surface area contributed by atoms with E-state index in [2.05, 4.69) is 21.3 Å². The molecule has 1 aromatic heterocycles. The standard InChI is InChI=1S/C23H23ClN4O4S/c1-15(24)6-11-19(18-14-20(29)28(21(18)30)22-25-12-5-13-26-22)27-33(31,32)17-9-7-16(8-10-17)23(2,3)4/h5-13,27H,1,14H2,2-4H3/b11-6-,19-18-. The van der Waals surface area contributed by atoms with Gasteiger partial charge >= 0.3 is 0 Å². The smallest absolute Gasteiger partial charge is 0.266 e. The van der Waals surface area contributed by atoms with Crippen molar-refractivity contribution in [1.29, 1.82) is 0 Å². The molecule has 0 spiro atoms. The maximum Gasteiger partial charge on any atom is 0.266 e. The predicted octanol–water partition coefficient (Wildman–Crippen LogP) is 3.58. The summed E-state index contributed by atoms with van der Waals surface area (Å²) in [7, 11) is -4.08. The van der Waals surface area contributed by atoms with Crippen LogP contribution in [-0.4, -0.2) is 30.2 Å². The first kappa shape index (κ1) is 24.3. The van der Waals surface area contributed by atoms with Crippen LogP contribution in [-0.2, 0) is 25.0 Å². The molecule has 1 saturated heterocycles. The first-order valence-corrected chi connectivity index (χ1v) is 11.8. The quantitative estimate of drug-likeness (QED) is 0.379. The number of rotatable bonds is 6. The second kappa shape index (κ2) is 9.29. The number of nitrogens with one attached hydrogen (secondary N) is 1. The summed E-state index contributed by atoms with van der Waals surface area (Å²) in [5.41, 5.74) is 0.671. The molecule has 0 unspecified atom stereocenters. The number of anilines is 1. The van der Waals surface area contributed by atoms with Crippen LogP contribution in [0.3, 0.4) is 0 Å². The Labute approximate surface area is 197 Å². The van der Waals surface area contributed by atoms with Crippen LogP contribution in [0.5, 0.6) is 0 Å². The van der Waals surface area contributed by atoms with Gasteiger partial charge in [0, 0.05) is 17.4 Å². The van der Waals surface area contributed by atoms with E-state index in [0.717, 1.165) is 10.5 Å². The summed E-state index contributed by atoms with van der Waals surface area (Å²) in [6.45, 7) is 9.59. The Balaban J connectivity index is 2.01. The number of nitrogens with zero attached hydrogens (tertiary/aromatic N) is 3. The van der Waals surface area contributed by atoms with E-state index < -0.39 is 21.8 Å². The number of sulfonamides is 1. The minimum Gasteiger partial charge on any atom is -0.279 e. The van der Waals surface area contributed by atoms with Crippen molar-refractivity contribution >= 4 is 39.4 Å². The van der Waals surface area contributed by atoms with Gasteiger partial charge in [-0.15, -0.1) is 0 Å². The molecule has 2 aromatic rings. The Morgan fingerprint density at radius 1 is 1.12 bits per heavy atom. The third-order valence-electron chi connectivity index (χ3n) is 4.82. The van der Waals surface area contributed by atoms with Crippen LogP contribution in [0.25, 0.3) is 0 Å². The number of hydrogen-bond acceptors (Lipinski definition) is 6.